The molecule has 0 saturated carbocycles. The number of para-hydroxylation sites is 1. The molecule has 1 aromatic carbocycles. The molecule has 1 aromatic heterocycles. The summed E-state index contributed by atoms with van der Waals surface area (Å²) in [5, 5.41) is 10.9. The van der Waals surface area contributed by atoms with Crippen LogP contribution in [-0.2, 0) is 16.6 Å². The second-order valence-corrected chi connectivity index (χ2v) is 6.16. The number of benzene rings is 1. The molecule has 1 heterocycles. The van der Waals surface area contributed by atoms with Gasteiger partial charge in [0.15, 0.2) is 4.90 Å². The fraction of sp³-hybridized carbons (Fsp3) is 0.167. The normalized spacial score (nSPS) is 11.3. The third-order valence-corrected chi connectivity index (χ3v) is 4.40. The number of H-pyrrole nitrogens is 1. The number of aromatic amines is 1. The summed E-state index contributed by atoms with van der Waals surface area (Å²) in [4.78, 5) is 34.0. The maximum atomic E-state index is 12.1. The van der Waals surface area contributed by atoms with E-state index in [-0.39, 0.29) is 13.1 Å². The highest BCUT2D eigenvalue weighted by Crippen LogP contribution is 2.22. The van der Waals surface area contributed by atoms with E-state index >= 15 is 0 Å². The number of hydrogen-bond acceptors (Lipinski definition) is 6. The molecule has 0 aliphatic rings. The summed E-state index contributed by atoms with van der Waals surface area (Å²) in [6.45, 7) is -0.226. The van der Waals surface area contributed by atoms with E-state index in [1.54, 1.807) is 0 Å². The molecule has 23 heavy (non-hydrogen) atoms. The largest absolute Gasteiger partial charge is 0.328 e. The number of sulfonamides is 1. The molecule has 0 atom stereocenters. The smallest absolute Gasteiger partial charge is 0.299 e. The summed E-state index contributed by atoms with van der Waals surface area (Å²) >= 11 is 0. The SMILES string of the molecule is O=c1ccn(CCNS(=O)(=O)c2ccccc2[N+](=O)[O-])c(=O)[nH]1. The zero-order chi connectivity index (χ0) is 17.0. The van der Waals surface area contributed by atoms with Gasteiger partial charge < -0.3 is 0 Å². The average molecular weight is 340 g/mol. The van der Waals surface area contributed by atoms with Crippen molar-refractivity contribution >= 4 is 15.7 Å². The molecule has 0 amide bonds. The fourth-order valence-electron chi connectivity index (χ4n) is 1.83. The van der Waals surface area contributed by atoms with Crippen molar-refractivity contribution in [2.75, 3.05) is 6.54 Å². The molecule has 0 aliphatic heterocycles. The van der Waals surface area contributed by atoms with Crippen molar-refractivity contribution < 1.29 is 13.3 Å². The van der Waals surface area contributed by atoms with Gasteiger partial charge in [-0.3, -0.25) is 24.5 Å². The van der Waals surface area contributed by atoms with Crippen molar-refractivity contribution in [1.82, 2.24) is 14.3 Å². The monoisotopic (exact) mass is 340 g/mol. The molecule has 2 N–H and O–H groups in total. The first-order valence-corrected chi connectivity index (χ1v) is 7.82. The molecule has 0 bridgehead atoms. The average Bonchev–Trinajstić information content (AvgIpc) is 2.49. The lowest BCUT2D eigenvalue weighted by atomic mass is 10.3. The van der Waals surface area contributed by atoms with Crippen LogP contribution in [0.2, 0.25) is 0 Å². The Labute approximate surface area is 129 Å². The molecule has 0 unspecified atom stereocenters. The number of nitro groups is 1. The van der Waals surface area contributed by atoms with Crippen LogP contribution in [0.15, 0.2) is 51.0 Å². The molecule has 0 saturated heterocycles. The van der Waals surface area contributed by atoms with Gasteiger partial charge in [-0.2, -0.15) is 0 Å². The number of rotatable bonds is 6. The number of aromatic nitrogens is 2. The molecule has 11 heteroatoms. The highest BCUT2D eigenvalue weighted by atomic mass is 32.2. The minimum atomic E-state index is -4.11. The molecule has 2 aromatic rings. The lowest BCUT2D eigenvalue weighted by molar-refractivity contribution is -0.387. The van der Waals surface area contributed by atoms with Crippen LogP contribution in [0.5, 0.6) is 0 Å². The minimum absolute atomic E-state index is 0.0462. The lowest BCUT2D eigenvalue weighted by Gasteiger charge is -2.08. The third kappa shape index (κ3) is 3.90. The summed E-state index contributed by atoms with van der Waals surface area (Å²) in [5.41, 5.74) is -1.78. The van der Waals surface area contributed by atoms with Crippen LogP contribution in [0, 0.1) is 10.1 Å². The first kappa shape index (κ1) is 16.6. The Balaban J connectivity index is 2.15. The van der Waals surface area contributed by atoms with Gasteiger partial charge in [-0.1, -0.05) is 12.1 Å². The summed E-state index contributed by atoms with van der Waals surface area (Å²) in [6.07, 6.45) is 1.22. The molecular weight excluding hydrogens is 328 g/mol. The Kier molecular flexibility index (Phi) is 4.71. The Morgan fingerprint density at radius 2 is 1.91 bits per heavy atom. The van der Waals surface area contributed by atoms with Crippen molar-refractivity contribution in [2.24, 2.45) is 0 Å². The molecule has 0 fully saturated rings. The number of nitrogens with one attached hydrogen (secondary N) is 2. The molecule has 10 nitrogen and oxygen atoms in total. The van der Waals surface area contributed by atoms with Crippen LogP contribution < -0.4 is 16.0 Å². The number of nitrogens with zero attached hydrogens (tertiary/aromatic N) is 2. The van der Waals surface area contributed by atoms with Crippen molar-refractivity contribution in [3.05, 3.63) is 67.5 Å². The number of nitro benzene ring substituents is 1. The summed E-state index contributed by atoms with van der Waals surface area (Å²) in [5.74, 6) is 0. The molecular formula is C12H12N4O6S. The first-order valence-electron chi connectivity index (χ1n) is 6.34. The first-order chi connectivity index (χ1) is 10.8. The highest BCUT2D eigenvalue weighted by Gasteiger charge is 2.24. The van der Waals surface area contributed by atoms with E-state index in [0.29, 0.717) is 0 Å². The predicted octanol–water partition coefficient (Wildman–Crippen LogP) is -0.577. The van der Waals surface area contributed by atoms with Gasteiger partial charge in [0, 0.05) is 31.4 Å². The predicted molar refractivity (Wildman–Crippen MR) is 79.6 cm³/mol. The van der Waals surface area contributed by atoms with Gasteiger partial charge in [-0.05, 0) is 6.07 Å². The Morgan fingerprint density at radius 1 is 1.22 bits per heavy atom. The highest BCUT2D eigenvalue weighted by molar-refractivity contribution is 7.89. The maximum absolute atomic E-state index is 12.1. The quantitative estimate of drug-likeness (QED) is 0.532. The van der Waals surface area contributed by atoms with Gasteiger partial charge in [0.1, 0.15) is 0 Å². The van der Waals surface area contributed by atoms with Gasteiger partial charge in [0.05, 0.1) is 4.92 Å². The second-order valence-electron chi connectivity index (χ2n) is 4.43. The second kappa shape index (κ2) is 6.54. The van der Waals surface area contributed by atoms with Crippen molar-refractivity contribution in [3.8, 4) is 0 Å². The Bertz CT molecular complexity index is 946. The molecule has 122 valence electrons. The van der Waals surface area contributed by atoms with Gasteiger partial charge in [-0.25, -0.2) is 17.9 Å². The van der Waals surface area contributed by atoms with Crippen LogP contribution in [0.4, 0.5) is 5.69 Å². The van der Waals surface area contributed by atoms with Gasteiger partial charge in [0.25, 0.3) is 11.2 Å². The van der Waals surface area contributed by atoms with E-state index in [0.717, 1.165) is 22.8 Å². The standard InChI is InChI=1S/C12H12N4O6S/c17-11-5-7-15(12(18)14-11)8-6-13-23(21,22)10-4-2-1-3-9(10)16(19)20/h1-5,7,13H,6,8H2,(H,14,17,18). The Hall–Kier alpha value is -2.79. The zero-order valence-electron chi connectivity index (χ0n) is 11.6. The van der Waals surface area contributed by atoms with Crippen molar-refractivity contribution in [2.45, 2.75) is 11.4 Å². The summed E-state index contributed by atoms with van der Waals surface area (Å²) < 4.78 is 27.5. The van der Waals surface area contributed by atoms with E-state index in [1.807, 2.05) is 4.98 Å². The summed E-state index contributed by atoms with van der Waals surface area (Å²) in [6, 6.07) is 6.05. The minimum Gasteiger partial charge on any atom is -0.299 e. The van der Waals surface area contributed by atoms with E-state index in [2.05, 4.69) is 4.72 Å². The van der Waals surface area contributed by atoms with Crippen LogP contribution in [0.1, 0.15) is 0 Å². The van der Waals surface area contributed by atoms with Gasteiger partial charge in [-0.15, -0.1) is 0 Å². The summed E-state index contributed by atoms with van der Waals surface area (Å²) in [7, 11) is -4.11. The van der Waals surface area contributed by atoms with Crippen LogP contribution in [0.25, 0.3) is 0 Å². The van der Waals surface area contributed by atoms with Crippen LogP contribution >= 0.6 is 0 Å². The van der Waals surface area contributed by atoms with E-state index in [1.165, 1.54) is 18.3 Å². The lowest BCUT2D eigenvalue weighted by Crippen LogP contribution is -2.34. The fourth-order valence-corrected chi connectivity index (χ4v) is 3.02. The molecule has 2 rings (SSSR count). The zero-order valence-corrected chi connectivity index (χ0v) is 12.4. The van der Waals surface area contributed by atoms with E-state index in [9.17, 15) is 28.1 Å². The topological polar surface area (TPSA) is 144 Å². The maximum Gasteiger partial charge on any atom is 0.328 e. The van der Waals surface area contributed by atoms with Gasteiger partial charge >= 0.3 is 5.69 Å². The van der Waals surface area contributed by atoms with E-state index in [4.69, 9.17) is 0 Å². The molecule has 0 radical (unpaired) electrons. The van der Waals surface area contributed by atoms with Gasteiger partial charge in [0.2, 0.25) is 10.0 Å². The van der Waals surface area contributed by atoms with Crippen LogP contribution in [0.3, 0.4) is 0 Å². The van der Waals surface area contributed by atoms with E-state index < -0.39 is 36.8 Å². The molecule has 0 spiro atoms. The number of hydrogen-bond donors (Lipinski definition) is 2. The van der Waals surface area contributed by atoms with Crippen LogP contribution in [-0.4, -0.2) is 29.4 Å². The molecule has 0 aliphatic carbocycles. The van der Waals surface area contributed by atoms with Crippen molar-refractivity contribution in [3.63, 3.8) is 0 Å². The van der Waals surface area contributed by atoms with Crippen molar-refractivity contribution in [1.29, 1.82) is 0 Å². The third-order valence-electron chi connectivity index (χ3n) is 2.89. The Morgan fingerprint density at radius 3 is 2.57 bits per heavy atom.